The zero-order valence-electron chi connectivity index (χ0n) is 17.3. The maximum Gasteiger partial charge on any atom is 0.244 e. The van der Waals surface area contributed by atoms with Gasteiger partial charge in [-0.25, -0.2) is 4.98 Å². The van der Waals surface area contributed by atoms with E-state index >= 15 is 0 Å². The minimum atomic E-state index is -0.421. The number of nitrogen functional groups attached to an aromatic ring is 1. The summed E-state index contributed by atoms with van der Waals surface area (Å²) in [7, 11) is 0. The molecular weight excluding hydrogens is 422 g/mol. The largest absolute Gasteiger partial charge is 0.399 e. The molecule has 0 saturated heterocycles. The number of carbonyl (C=O) groups is 1. The van der Waals surface area contributed by atoms with Gasteiger partial charge in [-0.3, -0.25) is 4.79 Å². The Bertz CT molecular complexity index is 1190. The van der Waals surface area contributed by atoms with Gasteiger partial charge in [-0.15, -0.1) is 23.1 Å². The Morgan fingerprint density at radius 1 is 1.00 bits per heavy atom. The molecule has 0 aliphatic carbocycles. The van der Waals surface area contributed by atoms with Crippen LogP contribution >= 0.6 is 23.1 Å². The quantitative estimate of drug-likeness (QED) is 0.263. The molecule has 0 fully saturated rings. The number of hydrogen-bond donors (Lipinski definition) is 2. The van der Waals surface area contributed by atoms with Gasteiger partial charge in [-0.2, -0.15) is 0 Å². The summed E-state index contributed by atoms with van der Waals surface area (Å²) in [6.45, 7) is 4.09. The molecule has 0 bridgehead atoms. The highest BCUT2D eigenvalue weighted by atomic mass is 32.2. The first-order valence-corrected chi connectivity index (χ1v) is 11.6. The molecule has 3 N–H and O–H groups in total. The number of hydrogen-bond acceptors (Lipinski definition) is 5. The number of thiazole rings is 1. The average molecular weight is 446 g/mol. The molecule has 0 aliphatic rings. The molecule has 6 heteroatoms. The topological polar surface area (TPSA) is 68.0 Å². The summed E-state index contributed by atoms with van der Waals surface area (Å²) >= 11 is 2.97. The molecule has 0 radical (unpaired) electrons. The Kier molecular flexibility index (Phi) is 6.39. The third-order valence-electron chi connectivity index (χ3n) is 4.80. The van der Waals surface area contributed by atoms with Gasteiger partial charge < -0.3 is 11.1 Å². The van der Waals surface area contributed by atoms with Gasteiger partial charge in [0.2, 0.25) is 5.91 Å². The molecule has 4 rings (SSSR count). The Hall–Kier alpha value is -3.09. The summed E-state index contributed by atoms with van der Waals surface area (Å²) in [4.78, 5) is 20.0. The van der Waals surface area contributed by atoms with Crippen LogP contribution in [0.5, 0.6) is 0 Å². The van der Waals surface area contributed by atoms with Crippen LogP contribution in [0.15, 0.2) is 83.8 Å². The third-order valence-corrected chi connectivity index (χ3v) is 6.94. The van der Waals surface area contributed by atoms with Crippen LogP contribution in [0.25, 0.3) is 11.3 Å². The highest BCUT2D eigenvalue weighted by Gasteiger charge is 2.24. The van der Waals surface area contributed by atoms with Crippen molar-refractivity contribution in [2.75, 3.05) is 11.1 Å². The lowest BCUT2D eigenvalue weighted by Crippen LogP contribution is -2.19. The normalized spacial score (nSPS) is 11.8. The molecule has 31 heavy (non-hydrogen) atoms. The van der Waals surface area contributed by atoms with Gasteiger partial charge in [0, 0.05) is 21.0 Å². The molecule has 4 aromatic rings. The number of aryl methyl sites for hydroxylation is 2. The number of nitrogens with zero attached hydrogens (tertiary/aromatic N) is 1. The lowest BCUT2D eigenvalue weighted by molar-refractivity contribution is -0.115. The minimum Gasteiger partial charge on any atom is -0.399 e. The molecule has 156 valence electrons. The van der Waals surface area contributed by atoms with Crippen molar-refractivity contribution >= 4 is 39.8 Å². The van der Waals surface area contributed by atoms with Crippen LogP contribution in [0.3, 0.4) is 0 Å². The van der Waals surface area contributed by atoms with Crippen molar-refractivity contribution in [1.82, 2.24) is 4.98 Å². The number of amides is 1. The van der Waals surface area contributed by atoms with E-state index in [1.807, 2.05) is 61.5 Å². The van der Waals surface area contributed by atoms with Gasteiger partial charge >= 0.3 is 0 Å². The van der Waals surface area contributed by atoms with Crippen molar-refractivity contribution in [1.29, 1.82) is 0 Å². The zero-order valence-corrected chi connectivity index (χ0v) is 19.0. The molecule has 1 amide bonds. The number of nitrogens with one attached hydrogen (secondary N) is 1. The molecule has 3 aromatic carbocycles. The van der Waals surface area contributed by atoms with Crippen LogP contribution in [0, 0.1) is 13.8 Å². The van der Waals surface area contributed by atoms with E-state index in [0.29, 0.717) is 10.8 Å². The molecule has 0 aliphatic heterocycles. The maximum atomic E-state index is 13.3. The van der Waals surface area contributed by atoms with E-state index in [1.54, 1.807) is 0 Å². The van der Waals surface area contributed by atoms with E-state index in [1.165, 1.54) is 28.7 Å². The molecule has 0 spiro atoms. The number of nitrogens with two attached hydrogens (primary N) is 1. The number of thioether (sulfide) groups is 1. The molecule has 0 saturated carbocycles. The van der Waals surface area contributed by atoms with Gasteiger partial charge in [-0.1, -0.05) is 66.2 Å². The van der Waals surface area contributed by atoms with Crippen molar-refractivity contribution in [3.8, 4) is 11.3 Å². The van der Waals surface area contributed by atoms with Crippen LogP contribution in [0.2, 0.25) is 0 Å². The fourth-order valence-electron chi connectivity index (χ4n) is 3.22. The molecule has 1 unspecified atom stereocenters. The first-order chi connectivity index (χ1) is 15.0. The van der Waals surface area contributed by atoms with E-state index in [-0.39, 0.29) is 5.91 Å². The number of carbonyl (C=O) groups excluding carboxylic acids is 1. The van der Waals surface area contributed by atoms with E-state index in [9.17, 15) is 4.79 Å². The van der Waals surface area contributed by atoms with Gasteiger partial charge in [0.1, 0.15) is 5.25 Å². The van der Waals surface area contributed by atoms with Crippen LogP contribution in [-0.4, -0.2) is 10.9 Å². The minimum absolute atomic E-state index is 0.108. The van der Waals surface area contributed by atoms with E-state index in [2.05, 4.69) is 36.5 Å². The first-order valence-electron chi connectivity index (χ1n) is 9.92. The summed E-state index contributed by atoms with van der Waals surface area (Å²) in [6, 6.07) is 25.6. The van der Waals surface area contributed by atoms with Gasteiger partial charge in [0.05, 0.1) is 5.69 Å². The fraction of sp³-hybridized carbons (Fsp3) is 0.120. The first kappa shape index (κ1) is 21.2. The molecule has 1 atom stereocenters. The number of aromatic nitrogens is 1. The van der Waals surface area contributed by atoms with E-state index < -0.39 is 5.25 Å². The Morgan fingerprint density at radius 2 is 1.74 bits per heavy atom. The van der Waals surface area contributed by atoms with Crippen molar-refractivity contribution < 1.29 is 4.79 Å². The molecule has 4 nitrogen and oxygen atoms in total. The fourth-order valence-corrected chi connectivity index (χ4v) is 5.16. The van der Waals surface area contributed by atoms with Crippen molar-refractivity contribution in [3.05, 3.63) is 94.9 Å². The van der Waals surface area contributed by atoms with Gasteiger partial charge in [-0.05, 0) is 37.6 Å². The Labute approximate surface area is 190 Å². The second kappa shape index (κ2) is 9.37. The number of rotatable bonds is 6. The van der Waals surface area contributed by atoms with Gasteiger partial charge in [0.15, 0.2) is 5.13 Å². The molecule has 1 aromatic heterocycles. The van der Waals surface area contributed by atoms with Crippen LogP contribution in [0.4, 0.5) is 10.8 Å². The monoisotopic (exact) mass is 445 g/mol. The summed E-state index contributed by atoms with van der Waals surface area (Å²) in [6.07, 6.45) is 0. The predicted octanol–water partition coefficient (Wildman–Crippen LogP) is 6.48. The Balaban J connectivity index is 1.59. The second-order valence-electron chi connectivity index (χ2n) is 7.26. The predicted molar refractivity (Wildman–Crippen MR) is 132 cm³/mol. The summed E-state index contributed by atoms with van der Waals surface area (Å²) in [5, 5.41) is 3.22. The summed E-state index contributed by atoms with van der Waals surface area (Å²) < 4.78 is 0. The number of anilines is 2. The van der Waals surface area contributed by atoms with Crippen LogP contribution < -0.4 is 11.1 Å². The SMILES string of the molecule is Cc1ccc(-c2nc(NC(=O)C(Sc3cccc(N)c3)c3ccccc3)sc2C)cc1. The second-order valence-corrected chi connectivity index (χ2v) is 9.64. The Morgan fingerprint density at radius 3 is 2.45 bits per heavy atom. The van der Waals surface area contributed by atoms with Crippen molar-refractivity contribution in [2.45, 2.75) is 24.0 Å². The van der Waals surface area contributed by atoms with Crippen LogP contribution in [0.1, 0.15) is 21.3 Å². The zero-order chi connectivity index (χ0) is 21.8. The van der Waals surface area contributed by atoms with Crippen LogP contribution in [-0.2, 0) is 4.79 Å². The highest BCUT2D eigenvalue weighted by Crippen LogP contribution is 2.38. The molecular formula is C25H23N3OS2. The average Bonchev–Trinajstić information content (AvgIpc) is 3.13. The number of benzene rings is 3. The van der Waals surface area contributed by atoms with E-state index in [0.717, 1.165) is 26.6 Å². The summed E-state index contributed by atoms with van der Waals surface area (Å²) in [5.41, 5.74) is 10.7. The summed E-state index contributed by atoms with van der Waals surface area (Å²) in [5.74, 6) is -0.108. The third kappa shape index (κ3) is 5.16. The molecule has 1 heterocycles. The van der Waals surface area contributed by atoms with Gasteiger partial charge in [0.25, 0.3) is 0 Å². The van der Waals surface area contributed by atoms with Crippen molar-refractivity contribution in [3.63, 3.8) is 0 Å². The standard InChI is InChI=1S/C25H23N3OS2/c1-16-11-13-18(14-12-16)22-17(2)30-25(27-22)28-24(29)23(19-7-4-3-5-8-19)31-21-10-6-9-20(26)15-21/h3-15,23H,26H2,1-2H3,(H,27,28,29). The van der Waals surface area contributed by atoms with Crippen molar-refractivity contribution in [2.24, 2.45) is 0 Å². The lowest BCUT2D eigenvalue weighted by atomic mass is 10.1. The highest BCUT2D eigenvalue weighted by molar-refractivity contribution is 8.00. The maximum absolute atomic E-state index is 13.3. The lowest BCUT2D eigenvalue weighted by Gasteiger charge is -2.16. The van der Waals surface area contributed by atoms with E-state index in [4.69, 9.17) is 10.7 Å². The smallest absolute Gasteiger partial charge is 0.244 e.